The Kier molecular flexibility index (Phi) is 3.89. The Morgan fingerprint density at radius 1 is 1.05 bits per heavy atom. The van der Waals surface area contributed by atoms with E-state index in [1.54, 1.807) is 25.1 Å². The van der Waals surface area contributed by atoms with Crippen LogP contribution >= 0.6 is 11.3 Å². The average Bonchev–Trinajstić information content (AvgIpc) is 3.19. The maximum atomic E-state index is 12.1. The summed E-state index contributed by atoms with van der Waals surface area (Å²) in [7, 11) is 0. The van der Waals surface area contributed by atoms with Crippen LogP contribution in [0.5, 0.6) is 0 Å². The molecule has 0 bridgehead atoms. The fourth-order valence-electron chi connectivity index (χ4n) is 2.07. The quantitative estimate of drug-likeness (QED) is 0.723. The maximum absolute atomic E-state index is 12.1. The molecule has 1 aromatic carbocycles. The summed E-state index contributed by atoms with van der Waals surface area (Å²) < 4.78 is 5.09. The summed E-state index contributed by atoms with van der Waals surface area (Å²) in [5, 5.41) is 2.84. The molecule has 3 aromatic rings. The summed E-state index contributed by atoms with van der Waals surface area (Å²) in [4.78, 5) is 25.2. The number of hydrogen-bond acceptors (Lipinski definition) is 4. The van der Waals surface area contributed by atoms with Gasteiger partial charge in [-0.2, -0.15) is 0 Å². The Hall–Kier alpha value is -2.66. The third-order valence-corrected chi connectivity index (χ3v) is 4.36. The molecule has 0 unspecified atom stereocenters. The highest BCUT2D eigenvalue weighted by atomic mass is 32.1. The first-order valence-corrected chi connectivity index (χ1v) is 7.52. The van der Waals surface area contributed by atoms with Crippen LogP contribution in [0.1, 0.15) is 27.2 Å². The van der Waals surface area contributed by atoms with Gasteiger partial charge in [0.1, 0.15) is 0 Å². The molecule has 0 aliphatic heterocycles. The molecule has 1 amide bonds. The number of furan rings is 1. The zero-order chi connectivity index (χ0) is 15.5. The molecule has 3 rings (SSSR count). The molecule has 0 spiro atoms. The van der Waals surface area contributed by atoms with Gasteiger partial charge in [-0.05, 0) is 37.3 Å². The van der Waals surface area contributed by atoms with Crippen molar-refractivity contribution in [2.75, 3.05) is 5.32 Å². The molecular weight excluding hydrogens is 298 g/mol. The van der Waals surface area contributed by atoms with E-state index < -0.39 is 0 Å². The van der Waals surface area contributed by atoms with Crippen molar-refractivity contribution in [1.29, 1.82) is 0 Å². The summed E-state index contributed by atoms with van der Waals surface area (Å²) in [6, 6.07) is 14.4. The predicted octanol–water partition coefficient (Wildman–Crippen LogP) is 4.46. The minimum atomic E-state index is -0.305. The number of ketones is 1. The van der Waals surface area contributed by atoms with E-state index in [1.165, 1.54) is 17.6 Å². The van der Waals surface area contributed by atoms with E-state index in [-0.39, 0.29) is 17.5 Å². The standard InChI is InChI=1S/C17H13NO3S/c1-11(19)15-8-9-16(22-15)12-5-2-3-6-13(12)18-17(20)14-7-4-10-21-14/h2-10H,1H3,(H,18,20). The topological polar surface area (TPSA) is 59.3 Å². The third kappa shape index (κ3) is 2.84. The lowest BCUT2D eigenvalue weighted by Crippen LogP contribution is -2.11. The second-order valence-electron chi connectivity index (χ2n) is 4.70. The Morgan fingerprint density at radius 3 is 2.55 bits per heavy atom. The van der Waals surface area contributed by atoms with E-state index in [9.17, 15) is 9.59 Å². The molecule has 110 valence electrons. The van der Waals surface area contributed by atoms with Crippen LogP contribution in [-0.4, -0.2) is 11.7 Å². The lowest BCUT2D eigenvalue weighted by Gasteiger charge is -2.08. The van der Waals surface area contributed by atoms with Crippen LogP contribution < -0.4 is 5.32 Å². The van der Waals surface area contributed by atoms with Crippen molar-refractivity contribution in [2.24, 2.45) is 0 Å². The fraction of sp³-hybridized carbons (Fsp3) is 0.0588. The van der Waals surface area contributed by atoms with Gasteiger partial charge in [-0.25, -0.2) is 0 Å². The highest BCUT2D eigenvalue weighted by Crippen LogP contribution is 2.33. The van der Waals surface area contributed by atoms with E-state index >= 15 is 0 Å². The molecule has 0 aliphatic carbocycles. The molecule has 0 atom stereocenters. The van der Waals surface area contributed by atoms with Gasteiger partial charge in [0.15, 0.2) is 11.5 Å². The average molecular weight is 311 g/mol. The monoisotopic (exact) mass is 311 g/mol. The van der Waals surface area contributed by atoms with Gasteiger partial charge in [0.25, 0.3) is 5.91 Å². The van der Waals surface area contributed by atoms with E-state index in [2.05, 4.69) is 5.32 Å². The van der Waals surface area contributed by atoms with Gasteiger partial charge < -0.3 is 9.73 Å². The molecule has 0 aliphatic rings. The first-order chi connectivity index (χ1) is 10.6. The van der Waals surface area contributed by atoms with Crippen molar-refractivity contribution >= 4 is 28.7 Å². The van der Waals surface area contributed by atoms with Crippen molar-refractivity contribution in [3.05, 3.63) is 65.4 Å². The fourth-order valence-corrected chi connectivity index (χ4v) is 3.01. The number of benzene rings is 1. The number of para-hydroxylation sites is 1. The number of anilines is 1. The van der Waals surface area contributed by atoms with Crippen LogP contribution in [-0.2, 0) is 0 Å². The zero-order valence-electron chi connectivity index (χ0n) is 11.8. The summed E-state index contributed by atoms with van der Waals surface area (Å²) in [6.45, 7) is 1.54. The third-order valence-electron chi connectivity index (χ3n) is 3.14. The molecule has 5 heteroatoms. The molecule has 0 fully saturated rings. The minimum absolute atomic E-state index is 0.0355. The SMILES string of the molecule is CC(=O)c1ccc(-c2ccccc2NC(=O)c2ccco2)s1. The first kappa shape index (κ1) is 14.3. The van der Waals surface area contributed by atoms with Crippen LogP contribution in [0.3, 0.4) is 0 Å². The predicted molar refractivity (Wildman–Crippen MR) is 86.4 cm³/mol. The Bertz CT molecular complexity index is 818. The highest BCUT2D eigenvalue weighted by molar-refractivity contribution is 7.17. The number of carbonyl (C=O) groups excluding carboxylic acids is 2. The molecular formula is C17H13NO3S. The van der Waals surface area contributed by atoms with Crippen LogP contribution in [0.4, 0.5) is 5.69 Å². The number of rotatable bonds is 4. The second kappa shape index (κ2) is 5.99. The molecule has 0 radical (unpaired) electrons. The first-order valence-electron chi connectivity index (χ1n) is 6.70. The normalized spacial score (nSPS) is 10.4. The molecule has 22 heavy (non-hydrogen) atoms. The molecule has 0 saturated carbocycles. The van der Waals surface area contributed by atoms with Crippen LogP contribution in [0.2, 0.25) is 0 Å². The molecule has 4 nitrogen and oxygen atoms in total. The van der Waals surface area contributed by atoms with Gasteiger partial charge in [0, 0.05) is 16.1 Å². The number of nitrogens with one attached hydrogen (secondary N) is 1. The summed E-state index contributed by atoms with van der Waals surface area (Å²) in [5.41, 5.74) is 1.56. The largest absolute Gasteiger partial charge is 0.459 e. The Balaban J connectivity index is 1.92. The molecule has 0 saturated heterocycles. The zero-order valence-corrected chi connectivity index (χ0v) is 12.6. The lowest BCUT2D eigenvalue weighted by atomic mass is 10.1. The van der Waals surface area contributed by atoms with E-state index in [4.69, 9.17) is 4.42 Å². The van der Waals surface area contributed by atoms with Crippen molar-refractivity contribution in [3.8, 4) is 10.4 Å². The van der Waals surface area contributed by atoms with Crippen molar-refractivity contribution in [3.63, 3.8) is 0 Å². The van der Waals surface area contributed by atoms with Gasteiger partial charge in [0.2, 0.25) is 0 Å². The minimum Gasteiger partial charge on any atom is -0.459 e. The molecule has 2 heterocycles. The van der Waals surface area contributed by atoms with Crippen molar-refractivity contribution < 1.29 is 14.0 Å². The highest BCUT2D eigenvalue weighted by Gasteiger charge is 2.14. The summed E-state index contributed by atoms with van der Waals surface area (Å²) in [6.07, 6.45) is 1.46. The Morgan fingerprint density at radius 2 is 1.86 bits per heavy atom. The summed E-state index contributed by atoms with van der Waals surface area (Å²) in [5.74, 6) is -0.0143. The number of carbonyl (C=O) groups is 2. The number of amides is 1. The maximum Gasteiger partial charge on any atom is 0.291 e. The van der Waals surface area contributed by atoms with Gasteiger partial charge in [-0.15, -0.1) is 11.3 Å². The van der Waals surface area contributed by atoms with Gasteiger partial charge in [-0.1, -0.05) is 18.2 Å². The van der Waals surface area contributed by atoms with Crippen LogP contribution in [0.15, 0.2) is 59.2 Å². The second-order valence-corrected chi connectivity index (χ2v) is 5.78. The lowest BCUT2D eigenvalue weighted by molar-refractivity contribution is 0.0994. The molecule has 1 N–H and O–H groups in total. The number of hydrogen-bond donors (Lipinski definition) is 1. The van der Waals surface area contributed by atoms with Gasteiger partial charge in [0.05, 0.1) is 11.1 Å². The van der Waals surface area contributed by atoms with E-state index in [1.807, 2.05) is 30.3 Å². The van der Waals surface area contributed by atoms with Crippen LogP contribution in [0, 0.1) is 0 Å². The van der Waals surface area contributed by atoms with Crippen LogP contribution in [0.25, 0.3) is 10.4 Å². The Labute approximate surface area is 131 Å². The van der Waals surface area contributed by atoms with E-state index in [0.29, 0.717) is 10.6 Å². The van der Waals surface area contributed by atoms with Crippen molar-refractivity contribution in [1.82, 2.24) is 0 Å². The van der Waals surface area contributed by atoms with Crippen molar-refractivity contribution in [2.45, 2.75) is 6.92 Å². The number of Topliss-reactive ketones (excluding diaryl/α,β-unsaturated/α-hetero) is 1. The summed E-state index contributed by atoms with van der Waals surface area (Å²) >= 11 is 1.41. The van der Waals surface area contributed by atoms with Gasteiger partial charge in [-0.3, -0.25) is 9.59 Å². The number of thiophene rings is 1. The van der Waals surface area contributed by atoms with Gasteiger partial charge >= 0.3 is 0 Å². The van der Waals surface area contributed by atoms with E-state index in [0.717, 1.165) is 10.4 Å². The molecule has 2 aromatic heterocycles. The smallest absolute Gasteiger partial charge is 0.291 e.